The van der Waals surface area contributed by atoms with Gasteiger partial charge < -0.3 is 5.11 Å². The lowest BCUT2D eigenvalue weighted by molar-refractivity contribution is -0.122. The van der Waals surface area contributed by atoms with Crippen molar-refractivity contribution in [1.29, 1.82) is 0 Å². The number of anilines is 1. The summed E-state index contributed by atoms with van der Waals surface area (Å²) in [5.41, 5.74) is 0.766. The van der Waals surface area contributed by atoms with Crippen LogP contribution in [-0.2, 0) is 9.59 Å². The number of hydrogen-bond acceptors (Lipinski definition) is 4. The number of barbiturate groups is 1. The van der Waals surface area contributed by atoms with E-state index >= 15 is 0 Å². The fourth-order valence-corrected chi connectivity index (χ4v) is 3.22. The molecule has 0 aliphatic carbocycles. The molecule has 0 saturated carbocycles. The van der Waals surface area contributed by atoms with Crippen LogP contribution >= 0.6 is 34.8 Å². The van der Waals surface area contributed by atoms with Crippen molar-refractivity contribution in [2.45, 2.75) is 6.92 Å². The zero-order valence-corrected chi connectivity index (χ0v) is 16.0. The van der Waals surface area contributed by atoms with Crippen molar-refractivity contribution in [3.63, 3.8) is 0 Å². The SMILES string of the molecule is Cc1c(Cl)cccc1N1C(=O)NC(=O)/C(=C\c2cc(Cl)c(O)c(Cl)c2)C1=O. The monoisotopic (exact) mass is 424 g/mol. The number of hydrogen-bond donors (Lipinski definition) is 2. The summed E-state index contributed by atoms with van der Waals surface area (Å²) in [7, 11) is 0. The second kappa shape index (κ2) is 7.23. The van der Waals surface area contributed by atoms with Crippen LogP contribution in [0, 0.1) is 6.92 Å². The summed E-state index contributed by atoms with van der Waals surface area (Å²) in [5.74, 6) is -2.00. The maximum atomic E-state index is 12.9. The molecule has 2 aromatic rings. The van der Waals surface area contributed by atoms with Gasteiger partial charge in [0, 0.05) is 5.02 Å². The molecule has 6 nitrogen and oxygen atoms in total. The van der Waals surface area contributed by atoms with Crippen molar-refractivity contribution in [2.24, 2.45) is 0 Å². The minimum Gasteiger partial charge on any atom is -0.505 e. The van der Waals surface area contributed by atoms with E-state index in [0.29, 0.717) is 16.1 Å². The molecular weight excluding hydrogens is 415 g/mol. The molecule has 4 amide bonds. The third kappa shape index (κ3) is 3.51. The lowest BCUT2D eigenvalue weighted by Crippen LogP contribution is -2.54. The van der Waals surface area contributed by atoms with Gasteiger partial charge in [-0.15, -0.1) is 0 Å². The van der Waals surface area contributed by atoms with Crippen LogP contribution in [0.5, 0.6) is 5.75 Å². The number of urea groups is 1. The standard InChI is InChI=1S/C18H11Cl3N2O4/c1-8-11(19)3-2-4-14(8)23-17(26)10(16(25)22-18(23)27)5-9-6-12(20)15(24)13(21)7-9/h2-7,24H,1H3,(H,22,25,27)/b10-5+. The van der Waals surface area contributed by atoms with Gasteiger partial charge in [-0.25, -0.2) is 9.69 Å². The highest BCUT2D eigenvalue weighted by Crippen LogP contribution is 2.34. The largest absolute Gasteiger partial charge is 0.505 e. The maximum Gasteiger partial charge on any atom is 0.335 e. The van der Waals surface area contributed by atoms with Gasteiger partial charge in [-0.2, -0.15) is 0 Å². The molecule has 0 spiro atoms. The third-order valence-electron chi connectivity index (χ3n) is 3.93. The Labute approximate surface area is 168 Å². The summed E-state index contributed by atoms with van der Waals surface area (Å²) in [6.07, 6.45) is 1.23. The molecule has 0 aromatic heterocycles. The number of carbonyl (C=O) groups excluding carboxylic acids is 3. The van der Waals surface area contributed by atoms with Crippen LogP contribution in [0.25, 0.3) is 6.08 Å². The minimum atomic E-state index is -0.880. The molecule has 27 heavy (non-hydrogen) atoms. The molecule has 0 bridgehead atoms. The van der Waals surface area contributed by atoms with E-state index in [1.165, 1.54) is 18.2 Å². The normalized spacial score (nSPS) is 16.1. The first-order valence-corrected chi connectivity index (χ1v) is 8.68. The van der Waals surface area contributed by atoms with Gasteiger partial charge in [-0.3, -0.25) is 14.9 Å². The summed E-state index contributed by atoms with van der Waals surface area (Å²) < 4.78 is 0. The Morgan fingerprint density at radius 2 is 1.67 bits per heavy atom. The van der Waals surface area contributed by atoms with Crippen LogP contribution in [0.2, 0.25) is 15.1 Å². The van der Waals surface area contributed by atoms with Crippen LogP contribution in [0.4, 0.5) is 10.5 Å². The molecule has 1 aliphatic heterocycles. The van der Waals surface area contributed by atoms with Crippen LogP contribution in [-0.4, -0.2) is 23.0 Å². The molecule has 1 saturated heterocycles. The maximum absolute atomic E-state index is 12.9. The smallest absolute Gasteiger partial charge is 0.335 e. The van der Waals surface area contributed by atoms with Gasteiger partial charge in [0.1, 0.15) is 5.57 Å². The number of phenolic OH excluding ortho intramolecular Hbond substituents is 1. The number of imide groups is 2. The van der Waals surface area contributed by atoms with E-state index in [9.17, 15) is 19.5 Å². The highest BCUT2D eigenvalue weighted by molar-refractivity contribution is 6.40. The van der Waals surface area contributed by atoms with E-state index in [0.717, 1.165) is 4.90 Å². The van der Waals surface area contributed by atoms with Crippen molar-refractivity contribution in [2.75, 3.05) is 4.90 Å². The number of aromatic hydroxyl groups is 1. The minimum absolute atomic E-state index is 0.0448. The van der Waals surface area contributed by atoms with Crippen molar-refractivity contribution >= 4 is 64.4 Å². The zero-order chi connectivity index (χ0) is 19.9. The molecule has 0 unspecified atom stereocenters. The number of amides is 4. The predicted molar refractivity (Wildman–Crippen MR) is 103 cm³/mol. The van der Waals surface area contributed by atoms with E-state index in [4.69, 9.17) is 34.8 Å². The number of benzene rings is 2. The van der Waals surface area contributed by atoms with E-state index in [2.05, 4.69) is 5.32 Å². The molecule has 0 atom stereocenters. The van der Waals surface area contributed by atoms with E-state index < -0.39 is 17.8 Å². The van der Waals surface area contributed by atoms with Gasteiger partial charge in [0.05, 0.1) is 15.7 Å². The first kappa shape index (κ1) is 19.2. The average molecular weight is 426 g/mol. The number of nitrogens with one attached hydrogen (secondary N) is 1. The first-order chi connectivity index (χ1) is 12.7. The number of rotatable bonds is 2. The zero-order valence-electron chi connectivity index (χ0n) is 13.7. The average Bonchev–Trinajstić information content (AvgIpc) is 2.60. The van der Waals surface area contributed by atoms with E-state index in [1.54, 1.807) is 25.1 Å². The topological polar surface area (TPSA) is 86.7 Å². The fraction of sp³-hybridized carbons (Fsp3) is 0.0556. The molecule has 1 fully saturated rings. The highest BCUT2D eigenvalue weighted by atomic mass is 35.5. The Morgan fingerprint density at radius 1 is 1.04 bits per heavy atom. The molecule has 1 heterocycles. The predicted octanol–water partition coefficient (Wildman–Crippen LogP) is 4.33. The van der Waals surface area contributed by atoms with Gasteiger partial charge in [0.2, 0.25) is 0 Å². The van der Waals surface area contributed by atoms with Crippen molar-refractivity contribution in [1.82, 2.24) is 5.32 Å². The molecule has 9 heteroatoms. The number of nitrogens with zero attached hydrogens (tertiary/aromatic N) is 1. The third-order valence-corrected chi connectivity index (χ3v) is 4.92. The highest BCUT2D eigenvalue weighted by Gasteiger charge is 2.37. The first-order valence-electron chi connectivity index (χ1n) is 7.55. The summed E-state index contributed by atoms with van der Waals surface area (Å²) >= 11 is 17.8. The van der Waals surface area contributed by atoms with E-state index in [1.807, 2.05) is 0 Å². The number of phenols is 1. The van der Waals surface area contributed by atoms with Crippen LogP contribution in [0.15, 0.2) is 35.9 Å². The molecule has 2 aromatic carbocycles. The summed E-state index contributed by atoms with van der Waals surface area (Å²) in [6.45, 7) is 1.65. The molecule has 1 aliphatic rings. The Bertz CT molecular complexity index is 1010. The van der Waals surface area contributed by atoms with Gasteiger partial charge in [0.25, 0.3) is 11.8 Å². The molecular formula is C18H11Cl3N2O4. The van der Waals surface area contributed by atoms with Gasteiger partial charge in [-0.05, 0) is 48.4 Å². The van der Waals surface area contributed by atoms with Crippen LogP contribution in [0.3, 0.4) is 0 Å². The van der Waals surface area contributed by atoms with Gasteiger partial charge >= 0.3 is 6.03 Å². The molecule has 0 radical (unpaired) electrons. The Morgan fingerprint density at radius 3 is 2.30 bits per heavy atom. The second-order valence-corrected chi connectivity index (χ2v) is 6.90. The number of halogens is 3. The van der Waals surface area contributed by atoms with Crippen molar-refractivity contribution in [3.8, 4) is 5.75 Å². The van der Waals surface area contributed by atoms with Crippen LogP contribution in [0.1, 0.15) is 11.1 Å². The summed E-state index contributed by atoms with van der Waals surface area (Å²) in [4.78, 5) is 38.2. The van der Waals surface area contributed by atoms with E-state index in [-0.39, 0.29) is 27.1 Å². The van der Waals surface area contributed by atoms with Gasteiger partial charge in [0.15, 0.2) is 5.75 Å². The number of carbonyl (C=O) groups is 3. The molecule has 3 rings (SSSR count). The Kier molecular flexibility index (Phi) is 5.15. The summed E-state index contributed by atoms with van der Waals surface area (Å²) in [5, 5.41) is 12.0. The Hall–Kier alpha value is -2.54. The van der Waals surface area contributed by atoms with Crippen molar-refractivity contribution in [3.05, 3.63) is 62.1 Å². The fourth-order valence-electron chi connectivity index (χ4n) is 2.55. The second-order valence-electron chi connectivity index (χ2n) is 5.67. The van der Waals surface area contributed by atoms with Crippen molar-refractivity contribution < 1.29 is 19.5 Å². The molecule has 138 valence electrons. The Balaban J connectivity index is 2.09. The molecule has 2 N–H and O–H groups in total. The van der Waals surface area contributed by atoms with Crippen LogP contribution < -0.4 is 10.2 Å². The lowest BCUT2D eigenvalue weighted by Gasteiger charge is -2.27. The quantitative estimate of drug-likeness (QED) is 0.554. The lowest BCUT2D eigenvalue weighted by atomic mass is 10.1. The summed E-state index contributed by atoms with van der Waals surface area (Å²) in [6, 6.07) is 6.54. The van der Waals surface area contributed by atoms with Gasteiger partial charge in [-0.1, -0.05) is 40.9 Å².